The van der Waals surface area contributed by atoms with Crippen molar-refractivity contribution >= 4 is 23.5 Å². The molecule has 3 aromatic heterocycles. The maximum absolute atomic E-state index is 14.9. The lowest BCUT2D eigenvalue weighted by atomic mass is 10.1. The number of H-pyrrole nitrogens is 1. The summed E-state index contributed by atoms with van der Waals surface area (Å²) in [5.74, 6) is 0.878. The summed E-state index contributed by atoms with van der Waals surface area (Å²) in [6.45, 7) is 4.91. The van der Waals surface area contributed by atoms with Gasteiger partial charge >= 0.3 is 6.09 Å². The quantitative estimate of drug-likeness (QED) is 0.475. The molecule has 0 unspecified atom stereocenters. The molecule has 0 spiro atoms. The molecule has 2 fully saturated rings. The van der Waals surface area contributed by atoms with Crippen LogP contribution in [-0.2, 0) is 16.0 Å². The number of rotatable bonds is 7. The number of anilines is 2. The molecule has 5 heterocycles. The fourth-order valence-electron chi connectivity index (χ4n) is 4.01. The van der Waals surface area contributed by atoms with Gasteiger partial charge in [0.2, 0.25) is 5.95 Å². The Morgan fingerprint density at radius 3 is 2.97 bits per heavy atom. The third-order valence-corrected chi connectivity index (χ3v) is 5.62. The topological polar surface area (TPSA) is 122 Å². The van der Waals surface area contributed by atoms with Crippen LogP contribution in [0.25, 0.3) is 5.65 Å². The van der Waals surface area contributed by atoms with E-state index in [0.717, 1.165) is 5.69 Å². The minimum Gasteiger partial charge on any atom is -0.441 e. The number of carbonyl (C=O) groups is 1. The molecule has 13 heteroatoms. The number of carbonyl (C=O) groups excluding carboxylic acids is 1. The maximum atomic E-state index is 14.9. The zero-order valence-electron chi connectivity index (χ0n) is 18.7. The number of alkyl halides is 2. The molecule has 3 N–H and O–H groups in total. The van der Waals surface area contributed by atoms with Gasteiger partial charge in [0.1, 0.15) is 17.9 Å². The molecule has 34 heavy (non-hydrogen) atoms. The van der Waals surface area contributed by atoms with E-state index in [1.165, 1.54) is 0 Å². The second-order valence-corrected chi connectivity index (χ2v) is 8.79. The largest absolute Gasteiger partial charge is 0.441 e. The van der Waals surface area contributed by atoms with Gasteiger partial charge in [-0.3, -0.25) is 14.4 Å². The fraction of sp³-hybridized carbons (Fsp3) is 0.524. The molecule has 3 aromatic rings. The van der Waals surface area contributed by atoms with Crippen molar-refractivity contribution in [3.63, 3.8) is 0 Å². The number of aromatic amines is 1. The number of fused-ring (bicyclic) bond motifs is 1. The third-order valence-electron chi connectivity index (χ3n) is 5.62. The molecule has 2 aliphatic rings. The second-order valence-electron chi connectivity index (χ2n) is 8.79. The van der Waals surface area contributed by atoms with Gasteiger partial charge in [-0.25, -0.2) is 23.5 Å². The number of halogens is 2. The highest BCUT2D eigenvalue weighted by Gasteiger charge is 2.42. The number of hydrogen-bond donors (Lipinski definition) is 3. The monoisotopic (exact) mass is 476 g/mol. The molecule has 2 saturated heterocycles. The Morgan fingerprint density at radius 2 is 2.21 bits per heavy atom. The van der Waals surface area contributed by atoms with Crippen molar-refractivity contribution in [2.24, 2.45) is 0 Å². The first-order valence-corrected chi connectivity index (χ1v) is 11.1. The molecule has 0 radical (unpaired) electrons. The lowest BCUT2D eigenvalue weighted by molar-refractivity contribution is 0.0582. The molecule has 1 amide bonds. The summed E-state index contributed by atoms with van der Waals surface area (Å²) in [5.41, 5.74) is 1.89. The molecule has 2 aliphatic heterocycles. The zero-order chi connectivity index (χ0) is 23.8. The highest BCUT2D eigenvalue weighted by Crippen LogP contribution is 2.33. The SMILES string of the molecule is CC(C)NC(=O)O[C@@H]1CO[C@H](c2cc(Nc3nccc4nc(CN5CC(F)C5)cn34)n[nH]2)[C@H]1F. The lowest BCUT2D eigenvalue weighted by Crippen LogP contribution is -2.47. The summed E-state index contributed by atoms with van der Waals surface area (Å²) < 4.78 is 40.4. The van der Waals surface area contributed by atoms with Crippen LogP contribution in [0, 0.1) is 0 Å². The van der Waals surface area contributed by atoms with Gasteiger partial charge in [0, 0.05) is 44.1 Å². The molecular weight excluding hydrogens is 450 g/mol. The van der Waals surface area contributed by atoms with E-state index in [4.69, 9.17) is 9.47 Å². The van der Waals surface area contributed by atoms with E-state index < -0.39 is 30.6 Å². The van der Waals surface area contributed by atoms with E-state index in [-0.39, 0.29) is 12.6 Å². The van der Waals surface area contributed by atoms with E-state index >= 15 is 0 Å². The standard InChI is InChI=1S/C21H26F2N8O3/c1-11(2)25-21(32)34-15-10-33-19(18(15)23)14-5-16(29-28-14)27-20-24-4-3-17-26-13(9-31(17)20)8-30-6-12(22)7-30/h3-5,9,11-12,15,18-19H,6-8,10H2,1-2H3,(H,25,32)(H2,24,27,28,29)/t15-,18+,19-/m1/s1. The van der Waals surface area contributed by atoms with Crippen LogP contribution >= 0.6 is 0 Å². The summed E-state index contributed by atoms with van der Waals surface area (Å²) >= 11 is 0. The molecule has 5 rings (SSSR count). The summed E-state index contributed by atoms with van der Waals surface area (Å²) in [7, 11) is 0. The molecule has 0 aromatic carbocycles. The predicted octanol–water partition coefficient (Wildman–Crippen LogP) is 2.26. The number of aromatic nitrogens is 5. The van der Waals surface area contributed by atoms with Gasteiger partial charge in [-0.15, -0.1) is 0 Å². The molecule has 0 saturated carbocycles. The van der Waals surface area contributed by atoms with Crippen molar-refractivity contribution in [1.29, 1.82) is 0 Å². The first-order valence-electron chi connectivity index (χ1n) is 11.1. The molecular formula is C21H26F2N8O3. The van der Waals surface area contributed by atoms with Crippen LogP contribution in [0.3, 0.4) is 0 Å². The Bertz CT molecular complexity index is 1160. The van der Waals surface area contributed by atoms with Crippen molar-refractivity contribution in [3.05, 3.63) is 35.9 Å². The van der Waals surface area contributed by atoms with Gasteiger partial charge in [0.05, 0.1) is 18.0 Å². The van der Waals surface area contributed by atoms with Gasteiger partial charge in [0.15, 0.2) is 18.1 Å². The average molecular weight is 476 g/mol. The van der Waals surface area contributed by atoms with Gasteiger partial charge in [0.25, 0.3) is 0 Å². The smallest absolute Gasteiger partial charge is 0.407 e. The van der Waals surface area contributed by atoms with Crippen molar-refractivity contribution in [2.75, 3.05) is 25.0 Å². The van der Waals surface area contributed by atoms with Gasteiger partial charge in [-0.05, 0) is 19.9 Å². The summed E-state index contributed by atoms with van der Waals surface area (Å²) in [6.07, 6.45) is -1.50. The van der Waals surface area contributed by atoms with Crippen LogP contribution in [-0.4, -0.2) is 79.7 Å². The number of alkyl carbamates (subject to hydrolysis) is 1. The summed E-state index contributed by atoms with van der Waals surface area (Å²) in [4.78, 5) is 22.7. The van der Waals surface area contributed by atoms with Crippen molar-refractivity contribution in [1.82, 2.24) is 34.8 Å². The first-order chi connectivity index (χ1) is 16.4. The van der Waals surface area contributed by atoms with E-state index in [0.29, 0.717) is 42.7 Å². The maximum Gasteiger partial charge on any atom is 0.407 e. The van der Waals surface area contributed by atoms with Crippen LogP contribution in [0.1, 0.15) is 31.3 Å². The average Bonchev–Trinajstić information content (AvgIpc) is 3.46. The molecule has 0 bridgehead atoms. The molecule has 3 atom stereocenters. The third kappa shape index (κ3) is 4.66. The van der Waals surface area contributed by atoms with E-state index in [9.17, 15) is 13.6 Å². The number of nitrogens with zero attached hydrogens (tertiary/aromatic N) is 5. The lowest BCUT2D eigenvalue weighted by Gasteiger charge is -2.33. The number of ether oxygens (including phenoxy) is 2. The molecule has 0 aliphatic carbocycles. The minimum absolute atomic E-state index is 0.0576. The van der Waals surface area contributed by atoms with Crippen LogP contribution < -0.4 is 10.6 Å². The van der Waals surface area contributed by atoms with Crippen LogP contribution in [0.4, 0.5) is 25.3 Å². The Hall–Kier alpha value is -3.32. The van der Waals surface area contributed by atoms with Crippen LogP contribution in [0.15, 0.2) is 24.5 Å². The van der Waals surface area contributed by atoms with E-state index in [2.05, 4.69) is 30.8 Å². The Morgan fingerprint density at radius 1 is 1.38 bits per heavy atom. The number of likely N-dealkylation sites (tertiary alicyclic amines) is 1. The predicted molar refractivity (Wildman–Crippen MR) is 117 cm³/mol. The fourth-order valence-corrected chi connectivity index (χ4v) is 4.01. The normalized spacial score (nSPS) is 23.4. The Balaban J connectivity index is 1.25. The van der Waals surface area contributed by atoms with Crippen LogP contribution in [0.5, 0.6) is 0 Å². The van der Waals surface area contributed by atoms with Crippen molar-refractivity contribution < 1.29 is 23.0 Å². The zero-order valence-corrected chi connectivity index (χ0v) is 18.7. The highest BCUT2D eigenvalue weighted by molar-refractivity contribution is 5.67. The molecule has 11 nitrogen and oxygen atoms in total. The minimum atomic E-state index is -1.55. The number of nitrogens with one attached hydrogen (secondary N) is 3. The second kappa shape index (κ2) is 9.14. The highest BCUT2D eigenvalue weighted by atomic mass is 19.1. The summed E-state index contributed by atoms with van der Waals surface area (Å²) in [6, 6.07) is 3.27. The van der Waals surface area contributed by atoms with Crippen molar-refractivity contribution in [3.8, 4) is 0 Å². The van der Waals surface area contributed by atoms with Gasteiger partial charge in [-0.1, -0.05) is 0 Å². The Kier molecular flexibility index (Phi) is 6.04. The van der Waals surface area contributed by atoms with Crippen LogP contribution in [0.2, 0.25) is 0 Å². The Labute approximate surface area is 193 Å². The number of imidazole rings is 1. The van der Waals surface area contributed by atoms with Crippen molar-refractivity contribution in [2.45, 2.75) is 51.0 Å². The van der Waals surface area contributed by atoms with E-state index in [1.54, 1.807) is 36.6 Å². The van der Waals surface area contributed by atoms with Gasteiger partial charge in [-0.2, -0.15) is 5.10 Å². The van der Waals surface area contributed by atoms with Gasteiger partial charge < -0.3 is 20.1 Å². The number of amides is 1. The summed E-state index contributed by atoms with van der Waals surface area (Å²) in [5, 5.41) is 12.6. The van der Waals surface area contributed by atoms with E-state index in [1.807, 2.05) is 11.1 Å². The molecule has 182 valence electrons. The number of hydrogen-bond acceptors (Lipinski definition) is 8. The first kappa shape index (κ1) is 22.5.